The molecule has 146 valence electrons. The van der Waals surface area contributed by atoms with Crippen molar-refractivity contribution in [2.24, 2.45) is 0 Å². The van der Waals surface area contributed by atoms with E-state index in [1.165, 1.54) is 25.7 Å². The third-order valence-electron chi connectivity index (χ3n) is 4.69. The predicted octanol–water partition coefficient (Wildman–Crippen LogP) is 4.72. The smallest absolute Gasteiger partial charge is 0.230 e. The molecule has 1 fully saturated rings. The number of aryl methyl sites for hydroxylation is 1. The topological polar surface area (TPSA) is 59.8 Å². The quantitative estimate of drug-likeness (QED) is 0.426. The number of rotatable bonds is 9. The van der Waals surface area contributed by atoms with Gasteiger partial charge in [-0.05, 0) is 49.8 Å². The summed E-state index contributed by atoms with van der Waals surface area (Å²) < 4.78 is 3.38. The van der Waals surface area contributed by atoms with Gasteiger partial charge in [0, 0.05) is 28.4 Å². The molecule has 0 aliphatic heterocycles. The average molecular weight is 469 g/mol. The molecule has 0 spiro atoms. The number of nitrogens with one attached hydrogen (secondary N) is 1. The van der Waals surface area contributed by atoms with Gasteiger partial charge in [-0.2, -0.15) is 0 Å². The molecule has 2 aromatic rings. The Hall–Kier alpha value is -0.990. The molecule has 0 radical (unpaired) electrons. The summed E-state index contributed by atoms with van der Waals surface area (Å²) in [5.74, 6) is 1.57. The first kappa shape index (κ1) is 20.7. The Bertz CT molecular complexity index is 745. The van der Waals surface area contributed by atoms with Crippen molar-refractivity contribution in [1.29, 1.82) is 0 Å². The Labute approximate surface area is 177 Å². The number of benzene rings is 1. The number of amides is 1. The number of nitrogens with zero attached hydrogens (tertiary/aromatic N) is 3. The van der Waals surface area contributed by atoms with Gasteiger partial charge in [0.05, 0.1) is 5.75 Å². The molecule has 1 aromatic heterocycles. The number of halogens is 1. The second-order valence-electron chi connectivity index (χ2n) is 6.61. The summed E-state index contributed by atoms with van der Waals surface area (Å²) in [5.41, 5.74) is 0. The van der Waals surface area contributed by atoms with Crippen LogP contribution in [0.3, 0.4) is 0 Å². The van der Waals surface area contributed by atoms with Crippen LogP contribution in [0.1, 0.15) is 44.0 Å². The Balaban J connectivity index is 1.41. The first-order valence-corrected chi connectivity index (χ1v) is 12.3. The third-order valence-corrected chi connectivity index (χ3v) is 6.87. The summed E-state index contributed by atoms with van der Waals surface area (Å²) in [4.78, 5) is 13.1. The van der Waals surface area contributed by atoms with Crippen molar-refractivity contribution in [3.63, 3.8) is 0 Å². The van der Waals surface area contributed by atoms with Crippen molar-refractivity contribution in [2.75, 3.05) is 18.6 Å². The van der Waals surface area contributed by atoms with Gasteiger partial charge in [0.15, 0.2) is 5.16 Å². The molecule has 5 nitrogen and oxygen atoms in total. The largest absolute Gasteiger partial charge is 0.355 e. The molecule has 1 saturated carbocycles. The van der Waals surface area contributed by atoms with Crippen molar-refractivity contribution >= 4 is 45.4 Å². The number of carbonyl (C=O) groups excluding carboxylic acids is 1. The van der Waals surface area contributed by atoms with Crippen LogP contribution in [0.15, 0.2) is 38.8 Å². The van der Waals surface area contributed by atoms with Gasteiger partial charge in [-0.25, -0.2) is 0 Å². The van der Waals surface area contributed by atoms with Crippen LogP contribution in [-0.4, -0.2) is 39.2 Å². The third kappa shape index (κ3) is 5.99. The Kier molecular flexibility index (Phi) is 8.08. The number of thioether (sulfide) groups is 2. The minimum absolute atomic E-state index is 0.0741. The molecule has 0 unspecified atom stereocenters. The highest BCUT2D eigenvalue weighted by Crippen LogP contribution is 2.33. The fraction of sp³-hybridized carbons (Fsp3) is 0.526. The molecular weight excluding hydrogens is 444 g/mol. The van der Waals surface area contributed by atoms with E-state index >= 15 is 0 Å². The van der Waals surface area contributed by atoms with Crippen LogP contribution < -0.4 is 5.32 Å². The normalized spacial score (nSPS) is 14.6. The first-order valence-electron chi connectivity index (χ1n) is 9.30. The molecular formula is C19H25BrN4OS2. The fourth-order valence-corrected chi connectivity index (χ4v) is 4.92. The highest BCUT2D eigenvalue weighted by molar-refractivity contribution is 9.10. The molecule has 1 heterocycles. The highest BCUT2D eigenvalue weighted by atomic mass is 79.9. The van der Waals surface area contributed by atoms with Crippen molar-refractivity contribution in [1.82, 2.24) is 20.1 Å². The van der Waals surface area contributed by atoms with Crippen molar-refractivity contribution < 1.29 is 4.79 Å². The zero-order valence-electron chi connectivity index (χ0n) is 15.5. The van der Waals surface area contributed by atoms with Gasteiger partial charge in [-0.1, -0.05) is 40.5 Å². The van der Waals surface area contributed by atoms with Crippen molar-refractivity contribution in [3.05, 3.63) is 34.6 Å². The summed E-state index contributed by atoms with van der Waals surface area (Å²) in [6.07, 6.45) is 8.83. The maximum absolute atomic E-state index is 12.0. The highest BCUT2D eigenvalue weighted by Gasteiger charge is 2.23. The van der Waals surface area contributed by atoms with Crippen molar-refractivity contribution in [3.8, 4) is 0 Å². The second-order valence-corrected chi connectivity index (χ2v) is 9.35. The summed E-state index contributed by atoms with van der Waals surface area (Å²) in [6.45, 7) is 0.672. The molecule has 1 amide bonds. The minimum Gasteiger partial charge on any atom is -0.355 e. The molecule has 27 heavy (non-hydrogen) atoms. The lowest BCUT2D eigenvalue weighted by atomic mass is 10.2. The van der Waals surface area contributed by atoms with E-state index in [-0.39, 0.29) is 5.91 Å². The summed E-state index contributed by atoms with van der Waals surface area (Å²) in [6, 6.07) is 8.56. The van der Waals surface area contributed by atoms with E-state index in [2.05, 4.69) is 42.3 Å². The van der Waals surface area contributed by atoms with Crippen LogP contribution in [-0.2, 0) is 11.2 Å². The average Bonchev–Trinajstić information content (AvgIpc) is 3.33. The van der Waals surface area contributed by atoms with Crippen LogP contribution >= 0.6 is 39.5 Å². The van der Waals surface area contributed by atoms with Crippen LogP contribution in [0.2, 0.25) is 0 Å². The van der Waals surface area contributed by atoms with E-state index in [0.29, 0.717) is 18.3 Å². The lowest BCUT2D eigenvalue weighted by molar-refractivity contribution is -0.118. The monoisotopic (exact) mass is 468 g/mol. The number of hydrogen-bond donors (Lipinski definition) is 1. The summed E-state index contributed by atoms with van der Waals surface area (Å²) >= 11 is 6.64. The maximum atomic E-state index is 12.0. The van der Waals surface area contributed by atoms with E-state index < -0.39 is 0 Å². The van der Waals surface area contributed by atoms with E-state index in [9.17, 15) is 4.79 Å². The zero-order chi connectivity index (χ0) is 19.1. The van der Waals surface area contributed by atoms with Gasteiger partial charge in [0.1, 0.15) is 5.82 Å². The standard InChI is InChI=1S/C19H25BrN4OS2/c1-26-19-23-22-17(24(19)15-5-2-3-6-15)7-4-12-21-18(25)13-27-16-10-8-14(20)9-11-16/h8-11,15H,2-7,12-13H2,1H3,(H,21,25). The van der Waals surface area contributed by atoms with Gasteiger partial charge in [0.2, 0.25) is 5.91 Å². The number of carbonyl (C=O) groups is 1. The molecule has 1 aliphatic carbocycles. The van der Waals surface area contributed by atoms with E-state index in [1.807, 2.05) is 24.3 Å². The Morgan fingerprint density at radius 1 is 1.26 bits per heavy atom. The molecule has 8 heteroatoms. The molecule has 1 N–H and O–H groups in total. The van der Waals surface area contributed by atoms with Crippen molar-refractivity contribution in [2.45, 2.75) is 54.6 Å². The zero-order valence-corrected chi connectivity index (χ0v) is 18.7. The van der Waals surface area contributed by atoms with Gasteiger partial charge >= 0.3 is 0 Å². The lowest BCUT2D eigenvalue weighted by Crippen LogP contribution is -2.26. The molecule has 1 aromatic carbocycles. The van der Waals surface area contributed by atoms with Crippen LogP contribution in [0.4, 0.5) is 0 Å². The van der Waals surface area contributed by atoms with Crippen LogP contribution in [0.5, 0.6) is 0 Å². The molecule has 3 rings (SSSR count). The number of aromatic nitrogens is 3. The number of hydrogen-bond acceptors (Lipinski definition) is 5. The Morgan fingerprint density at radius 2 is 2.00 bits per heavy atom. The maximum Gasteiger partial charge on any atom is 0.230 e. The molecule has 0 saturated heterocycles. The first-order chi connectivity index (χ1) is 13.2. The van der Waals surface area contributed by atoms with Gasteiger partial charge in [0.25, 0.3) is 0 Å². The van der Waals surface area contributed by atoms with E-state index in [4.69, 9.17) is 0 Å². The van der Waals surface area contributed by atoms with E-state index in [1.54, 1.807) is 23.5 Å². The van der Waals surface area contributed by atoms with Gasteiger partial charge in [-0.15, -0.1) is 22.0 Å². The van der Waals surface area contributed by atoms with Crippen LogP contribution in [0.25, 0.3) is 0 Å². The SMILES string of the molecule is CSc1nnc(CCCNC(=O)CSc2ccc(Br)cc2)n1C1CCCC1. The summed E-state index contributed by atoms with van der Waals surface area (Å²) in [7, 11) is 0. The molecule has 0 atom stereocenters. The van der Waals surface area contributed by atoms with Gasteiger partial charge in [-0.3, -0.25) is 4.79 Å². The molecule has 1 aliphatic rings. The van der Waals surface area contributed by atoms with Gasteiger partial charge < -0.3 is 9.88 Å². The van der Waals surface area contributed by atoms with E-state index in [0.717, 1.165) is 33.2 Å². The Morgan fingerprint density at radius 3 is 2.70 bits per heavy atom. The second kappa shape index (κ2) is 10.5. The summed E-state index contributed by atoms with van der Waals surface area (Å²) in [5, 5.41) is 12.8. The predicted molar refractivity (Wildman–Crippen MR) is 116 cm³/mol. The minimum atomic E-state index is 0.0741. The lowest BCUT2D eigenvalue weighted by Gasteiger charge is -2.16. The molecule has 0 bridgehead atoms. The van der Waals surface area contributed by atoms with Crippen LogP contribution in [0, 0.1) is 0 Å². The fourth-order valence-electron chi connectivity index (χ4n) is 3.35.